The third-order valence-electron chi connectivity index (χ3n) is 4.62. The van der Waals surface area contributed by atoms with E-state index in [4.69, 9.17) is 9.47 Å². The van der Waals surface area contributed by atoms with Crippen LogP contribution in [0.1, 0.15) is 10.4 Å². The van der Waals surface area contributed by atoms with Crippen LogP contribution in [0, 0.1) is 5.82 Å². The van der Waals surface area contributed by atoms with E-state index < -0.39 is 15.8 Å². The van der Waals surface area contributed by atoms with Gasteiger partial charge in [0.05, 0.1) is 24.7 Å². The predicted octanol–water partition coefficient (Wildman–Crippen LogP) is 1.99. The van der Waals surface area contributed by atoms with Crippen LogP contribution in [-0.4, -0.2) is 63.9 Å². The monoisotopic (exact) mass is 408 g/mol. The number of ether oxygens (including phenoxy) is 2. The third-order valence-corrected chi connectivity index (χ3v) is 6.53. The Balaban J connectivity index is 1.71. The second-order valence-corrected chi connectivity index (χ2v) is 8.15. The summed E-state index contributed by atoms with van der Waals surface area (Å²) in [6.45, 7) is 0.802. The molecule has 0 N–H and O–H groups in total. The van der Waals surface area contributed by atoms with E-state index in [-0.39, 0.29) is 37.0 Å². The molecule has 7 nitrogen and oxygen atoms in total. The summed E-state index contributed by atoms with van der Waals surface area (Å²) in [6, 6.07) is 9.63. The lowest BCUT2D eigenvalue weighted by Gasteiger charge is -2.34. The first-order chi connectivity index (χ1) is 13.4. The topological polar surface area (TPSA) is 76.2 Å². The van der Waals surface area contributed by atoms with Crippen molar-refractivity contribution in [3.8, 4) is 11.5 Å². The van der Waals surface area contributed by atoms with Crippen LogP contribution in [0.5, 0.6) is 11.5 Å². The van der Waals surface area contributed by atoms with Gasteiger partial charge in [-0.15, -0.1) is 0 Å². The Morgan fingerprint density at radius 3 is 2.18 bits per heavy atom. The van der Waals surface area contributed by atoms with Gasteiger partial charge < -0.3 is 14.4 Å². The minimum absolute atomic E-state index is 0.0329. The van der Waals surface area contributed by atoms with Gasteiger partial charge in [0.2, 0.25) is 10.0 Å². The molecule has 0 aromatic heterocycles. The fourth-order valence-corrected chi connectivity index (χ4v) is 4.45. The zero-order valence-electron chi connectivity index (χ0n) is 15.6. The maximum atomic E-state index is 13.1. The number of carbonyl (C=O) groups excluding carboxylic acids is 1. The van der Waals surface area contributed by atoms with Crippen LogP contribution in [0.3, 0.4) is 0 Å². The van der Waals surface area contributed by atoms with Gasteiger partial charge in [0.1, 0.15) is 17.3 Å². The van der Waals surface area contributed by atoms with E-state index in [2.05, 4.69) is 0 Å². The first-order valence-corrected chi connectivity index (χ1v) is 10.1. The molecule has 28 heavy (non-hydrogen) atoms. The molecular weight excluding hydrogens is 387 g/mol. The zero-order valence-corrected chi connectivity index (χ0v) is 16.4. The third kappa shape index (κ3) is 3.95. The van der Waals surface area contributed by atoms with Crippen LogP contribution >= 0.6 is 0 Å². The molecule has 2 aromatic rings. The molecule has 1 amide bonds. The number of methoxy groups -OCH3 is 2. The van der Waals surface area contributed by atoms with Crippen LogP contribution in [0.15, 0.2) is 47.4 Å². The standard InChI is InChI=1S/C19H21FN2O5S/c1-26-15-5-8-17(18(13-15)27-2)19(23)21-9-11-22(12-10-21)28(24,25)16-6-3-14(20)4-7-16/h3-8,13H,9-12H2,1-2H3. The summed E-state index contributed by atoms with van der Waals surface area (Å²) in [5, 5.41) is 0. The smallest absolute Gasteiger partial charge is 0.257 e. The molecule has 0 radical (unpaired) electrons. The first-order valence-electron chi connectivity index (χ1n) is 8.64. The number of nitrogens with zero attached hydrogens (tertiary/aromatic N) is 2. The van der Waals surface area contributed by atoms with E-state index in [9.17, 15) is 17.6 Å². The van der Waals surface area contributed by atoms with E-state index in [0.29, 0.717) is 17.1 Å². The molecule has 1 fully saturated rings. The van der Waals surface area contributed by atoms with Gasteiger partial charge in [-0.3, -0.25) is 4.79 Å². The minimum Gasteiger partial charge on any atom is -0.497 e. The van der Waals surface area contributed by atoms with Gasteiger partial charge in [-0.2, -0.15) is 4.31 Å². The van der Waals surface area contributed by atoms with E-state index in [1.165, 1.54) is 30.7 Å². The summed E-state index contributed by atoms with van der Waals surface area (Å²) in [5.41, 5.74) is 0.387. The summed E-state index contributed by atoms with van der Waals surface area (Å²) >= 11 is 0. The Labute approximate surface area is 163 Å². The summed E-state index contributed by atoms with van der Waals surface area (Å²) in [7, 11) is -0.731. The normalized spacial score (nSPS) is 15.3. The lowest BCUT2D eigenvalue weighted by molar-refractivity contribution is 0.0694. The molecule has 0 unspecified atom stereocenters. The maximum absolute atomic E-state index is 13.1. The average Bonchev–Trinajstić information content (AvgIpc) is 2.73. The molecule has 0 bridgehead atoms. The number of amides is 1. The van der Waals surface area contributed by atoms with Crippen molar-refractivity contribution < 1.29 is 27.1 Å². The van der Waals surface area contributed by atoms with Crippen LogP contribution < -0.4 is 9.47 Å². The molecule has 0 saturated carbocycles. The average molecular weight is 408 g/mol. The van der Waals surface area contributed by atoms with Crippen LogP contribution in [0.4, 0.5) is 4.39 Å². The Kier molecular flexibility index (Phi) is 5.85. The molecule has 1 heterocycles. The summed E-state index contributed by atoms with van der Waals surface area (Å²) in [5.74, 6) is 0.232. The lowest BCUT2D eigenvalue weighted by Crippen LogP contribution is -2.50. The largest absolute Gasteiger partial charge is 0.497 e. The van der Waals surface area contributed by atoms with E-state index >= 15 is 0 Å². The molecule has 1 saturated heterocycles. The molecule has 3 rings (SSSR count). The number of piperazine rings is 1. The molecule has 2 aromatic carbocycles. The highest BCUT2D eigenvalue weighted by molar-refractivity contribution is 7.89. The Morgan fingerprint density at radius 2 is 1.61 bits per heavy atom. The van der Waals surface area contributed by atoms with Gasteiger partial charge >= 0.3 is 0 Å². The van der Waals surface area contributed by atoms with Gasteiger partial charge in [-0.25, -0.2) is 12.8 Å². The number of hydrogen-bond acceptors (Lipinski definition) is 5. The molecule has 1 aliphatic heterocycles. The van der Waals surface area contributed by atoms with Crippen molar-refractivity contribution in [2.75, 3.05) is 40.4 Å². The van der Waals surface area contributed by atoms with Crippen molar-refractivity contribution in [2.45, 2.75) is 4.90 Å². The summed E-state index contributed by atoms with van der Waals surface area (Å²) in [4.78, 5) is 14.5. The van der Waals surface area contributed by atoms with Crippen molar-refractivity contribution in [1.82, 2.24) is 9.21 Å². The van der Waals surface area contributed by atoms with Crippen molar-refractivity contribution in [1.29, 1.82) is 0 Å². The van der Waals surface area contributed by atoms with Crippen molar-refractivity contribution in [3.63, 3.8) is 0 Å². The number of sulfonamides is 1. The quantitative estimate of drug-likeness (QED) is 0.756. The van der Waals surface area contributed by atoms with Crippen LogP contribution in [0.2, 0.25) is 0 Å². The molecule has 1 aliphatic rings. The van der Waals surface area contributed by atoms with Crippen molar-refractivity contribution >= 4 is 15.9 Å². The number of carbonyl (C=O) groups is 1. The van der Waals surface area contributed by atoms with Gasteiger partial charge in [0, 0.05) is 32.2 Å². The number of hydrogen-bond donors (Lipinski definition) is 0. The Morgan fingerprint density at radius 1 is 0.964 bits per heavy atom. The SMILES string of the molecule is COc1ccc(C(=O)N2CCN(S(=O)(=O)c3ccc(F)cc3)CC2)c(OC)c1. The van der Waals surface area contributed by atoms with Gasteiger partial charge in [0.25, 0.3) is 5.91 Å². The molecule has 0 atom stereocenters. The van der Waals surface area contributed by atoms with Gasteiger partial charge in [-0.05, 0) is 36.4 Å². The molecule has 0 aliphatic carbocycles. The minimum atomic E-state index is -3.73. The highest BCUT2D eigenvalue weighted by atomic mass is 32.2. The maximum Gasteiger partial charge on any atom is 0.257 e. The first kappa shape index (κ1) is 20.1. The summed E-state index contributed by atoms with van der Waals surface area (Å²) < 4.78 is 50.1. The van der Waals surface area contributed by atoms with Crippen LogP contribution in [-0.2, 0) is 10.0 Å². The second-order valence-electron chi connectivity index (χ2n) is 6.22. The van der Waals surface area contributed by atoms with E-state index in [1.807, 2.05) is 0 Å². The van der Waals surface area contributed by atoms with Gasteiger partial charge in [0.15, 0.2) is 0 Å². The predicted molar refractivity (Wildman–Crippen MR) is 101 cm³/mol. The van der Waals surface area contributed by atoms with E-state index in [0.717, 1.165) is 12.1 Å². The molecule has 150 valence electrons. The van der Waals surface area contributed by atoms with Crippen molar-refractivity contribution in [2.24, 2.45) is 0 Å². The Hall–Kier alpha value is -2.65. The fourth-order valence-electron chi connectivity index (χ4n) is 3.03. The zero-order chi connectivity index (χ0) is 20.3. The molecule has 9 heteroatoms. The van der Waals surface area contributed by atoms with Crippen LogP contribution in [0.25, 0.3) is 0 Å². The lowest BCUT2D eigenvalue weighted by atomic mass is 10.1. The number of benzene rings is 2. The highest BCUT2D eigenvalue weighted by Crippen LogP contribution is 2.26. The molecule has 0 spiro atoms. The highest BCUT2D eigenvalue weighted by Gasteiger charge is 2.31. The number of halogens is 1. The summed E-state index contributed by atoms with van der Waals surface area (Å²) in [6.07, 6.45) is 0. The second kappa shape index (κ2) is 8.15. The fraction of sp³-hybridized carbons (Fsp3) is 0.316. The van der Waals surface area contributed by atoms with E-state index in [1.54, 1.807) is 23.1 Å². The number of rotatable bonds is 5. The molecular formula is C19H21FN2O5S. The van der Waals surface area contributed by atoms with Crippen molar-refractivity contribution in [3.05, 3.63) is 53.8 Å². The van der Waals surface area contributed by atoms with Gasteiger partial charge in [-0.1, -0.05) is 0 Å². The Bertz CT molecular complexity index is 955.